The number of likely N-dealkylation sites (tertiary alicyclic amines) is 1. The molecule has 1 aliphatic rings. The molecule has 0 bridgehead atoms. The van der Waals surface area contributed by atoms with Crippen molar-refractivity contribution in [2.45, 2.75) is 38.3 Å². The summed E-state index contributed by atoms with van der Waals surface area (Å²) >= 11 is 0. The molecule has 1 rings (SSSR count). The highest BCUT2D eigenvalue weighted by atomic mass is 16.5. The van der Waals surface area contributed by atoms with E-state index in [-0.39, 0.29) is 5.97 Å². The summed E-state index contributed by atoms with van der Waals surface area (Å²) in [6.07, 6.45) is 2.31. The van der Waals surface area contributed by atoms with Gasteiger partial charge in [0.25, 0.3) is 0 Å². The third kappa shape index (κ3) is 2.69. The highest BCUT2D eigenvalue weighted by molar-refractivity contribution is 5.79. The Morgan fingerprint density at radius 2 is 1.80 bits per heavy atom. The molecule has 0 atom stereocenters. The van der Waals surface area contributed by atoms with Crippen LogP contribution in [0.2, 0.25) is 0 Å². The number of hydrogen-bond acceptors (Lipinski definition) is 4. The monoisotopic (exact) mass is 215 g/mol. The summed E-state index contributed by atoms with van der Waals surface area (Å²) in [4.78, 5) is 13.7. The molecule has 0 radical (unpaired) electrons. The summed E-state index contributed by atoms with van der Waals surface area (Å²) in [5.41, 5.74) is -0.520. The number of carbonyl (C=O) groups excluding carboxylic acids is 1. The lowest BCUT2D eigenvalue weighted by Gasteiger charge is -2.40. The van der Waals surface area contributed by atoms with E-state index in [2.05, 4.69) is 4.90 Å². The molecule has 15 heavy (non-hydrogen) atoms. The van der Waals surface area contributed by atoms with Crippen LogP contribution in [0.4, 0.5) is 0 Å². The third-order valence-corrected chi connectivity index (χ3v) is 3.25. The van der Waals surface area contributed by atoms with E-state index >= 15 is 0 Å². The minimum absolute atomic E-state index is 0.168. The maximum Gasteiger partial charge on any atom is 0.325 e. The van der Waals surface area contributed by atoms with Crippen LogP contribution in [0.3, 0.4) is 0 Å². The van der Waals surface area contributed by atoms with Crippen LogP contribution in [0.25, 0.3) is 0 Å². The molecule has 0 spiro atoms. The Kier molecular flexibility index (Phi) is 4.11. The number of nitrogens with zero attached hydrogens (tertiary/aromatic N) is 1. The molecule has 0 unspecified atom stereocenters. The van der Waals surface area contributed by atoms with Gasteiger partial charge in [0.05, 0.1) is 13.2 Å². The van der Waals surface area contributed by atoms with Gasteiger partial charge in [-0.15, -0.1) is 0 Å². The van der Waals surface area contributed by atoms with E-state index in [4.69, 9.17) is 9.47 Å². The molecule has 0 aromatic carbocycles. The molecule has 1 heterocycles. The first-order valence-electron chi connectivity index (χ1n) is 5.38. The predicted molar refractivity (Wildman–Crippen MR) is 57.7 cm³/mol. The molecule has 0 saturated carbocycles. The van der Waals surface area contributed by atoms with E-state index in [9.17, 15) is 4.79 Å². The van der Waals surface area contributed by atoms with Crippen molar-refractivity contribution in [2.75, 3.05) is 27.3 Å². The van der Waals surface area contributed by atoms with Gasteiger partial charge in [-0.1, -0.05) is 0 Å². The van der Waals surface area contributed by atoms with Crippen molar-refractivity contribution in [2.24, 2.45) is 0 Å². The number of rotatable bonds is 3. The van der Waals surface area contributed by atoms with E-state index in [1.807, 2.05) is 13.8 Å². The van der Waals surface area contributed by atoms with Gasteiger partial charge < -0.3 is 9.47 Å². The van der Waals surface area contributed by atoms with Gasteiger partial charge in [-0.3, -0.25) is 9.69 Å². The van der Waals surface area contributed by atoms with Gasteiger partial charge >= 0.3 is 5.97 Å². The molecular formula is C11H21NO3. The van der Waals surface area contributed by atoms with Gasteiger partial charge in [-0.2, -0.15) is 0 Å². The topological polar surface area (TPSA) is 38.8 Å². The molecule has 4 nitrogen and oxygen atoms in total. The van der Waals surface area contributed by atoms with Crippen LogP contribution in [-0.4, -0.2) is 49.8 Å². The maximum atomic E-state index is 11.6. The predicted octanol–water partition coefficient (Wildman–Crippen LogP) is 1.05. The zero-order valence-corrected chi connectivity index (χ0v) is 10.1. The average Bonchev–Trinajstić information content (AvgIpc) is 2.28. The Hall–Kier alpha value is -0.610. The average molecular weight is 215 g/mol. The van der Waals surface area contributed by atoms with Crippen LogP contribution >= 0.6 is 0 Å². The van der Waals surface area contributed by atoms with Gasteiger partial charge in [0, 0.05) is 20.2 Å². The minimum atomic E-state index is -0.520. The zero-order chi connectivity index (χ0) is 11.5. The van der Waals surface area contributed by atoms with E-state index in [1.165, 1.54) is 7.11 Å². The van der Waals surface area contributed by atoms with Crippen molar-refractivity contribution in [1.29, 1.82) is 0 Å². The van der Waals surface area contributed by atoms with Gasteiger partial charge in [-0.25, -0.2) is 0 Å². The molecule has 88 valence electrons. The standard InChI is InChI=1S/C11H21NO3/c1-11(2,10(13)15-4)12-7-5-9(14-3)6-8-12/h9H,5-8H2,1-4H3. The van der Waals surface area contributed by atoms with Crippen molar-refractivity contribution < 1.29 is 14.3 Å². The number of carbonyl (C=O) groups is 1. The summed E-state index contributed by atoms with van der Waals surface area (Å²) in [6.45, 7) is 5.60. The van der Waals surface area contributed by atoms with Gasteiger partial charge in [0.1, 0.15) is 5.54 Å². The van der Waals surface area contributed by atoms with Crippen molar-refractivity contribution >= 4 is 5.97 Å². The van der Waals surface area contributed by atoms with Crippen LogP contribution in [0, 0.1) is 0 Å². The van der Waals surface area contributed by atoms with E-state index in [1.54, 1.807) is 7.11 Å². The molecule has 1 aliphatic heterocycles. The normalized spacial score (nSPS) is 20.3. The molecule has 0 aromatic rings. The number of ether oxygens (including phenoxy) is 2. The van der Waals surface area contributed by atoms with Crippen LogP contribution in [-0.2, 0) is 14.3 Å². The Labute approximate surface area is 91.5 Å². The summed E-state index contributed by atoms with van der Waals surface area (Å²) < 4.78 is 10.1. The Morgan fingerprint density at radius 1 is 1.27 bits per heavy atom. The fourth-order valence-electron chi connectivity index (χ4n) is 2.03. The molecule has 0 N–H and O–H groups in total. The van der Waals surface area contributed by atoms with Gasteiger partial charge in [0.2, 0.25) is 0 Å². The number of piperidine rings is 1. The van der Waals surface area contributed by atoms with Crippen molar-refractivity contribution in [3.63, 3.8) is 0 Å². The maximum absolute atomic E-state index is 11.6. The Morgan fingerprint density at radius 3 is 2.20 bits per heavy atom. The minimum Gasteiger partial charge on any atom is -0.468 e. The second-order valence-corrected chi connectivity index (χ2v) is 4.47. The third-order valence-electron chi connectivity index (χ3n) is 3.25. The fraction of sp³-hybridized carbons (Fsp3) is 0.909. The summed E-state index contributed by atoms with van der Waals surface area (Å²) in [5, 5.41) is 0. The van der Waals surface area contributed by atoms with Crippen LogP contribution < -0.4 is 0 Å². The molecule has 0 aromatic heterocycles. The first-order chi connectivity index (χ1) is 7.02. The molecule has 4 heteroatoms. The smallest absolute Gasteiger partial charge is 0.325 e. The van der Waals surface area contributed by atoms with Gasteiger partial charge in [-0.05, 0) is 26.7 Å². The number of hydrogen-bond donors (Lipinski definition) is 0. The second kappa shape index (κ2) is 4.94. The lowest BCUT2D eigenvalue weighted by atomic mass is 9.97. The molecule has 1 fully saturated rings. The zero-order valence-electron chi connectivity index (χ0n) is 10.1. The fourth-order valence-corrected chi connectivity index (χ4v) is 2.03. The highest BCUT2D eigenvalue weighted by Crippen LogP contribution is 2.22. The second-order valence-electron chi connectivity index (χ2n) is 4.47. The van der Waals surface area contributed by atoms with Crippen LogP contribution in [0.15, 0.2) is 0 Å². The lowest BCUT2D eigenvalue weighted by molar-refractivity contribution is -0.154. The Balaban J connectivity index is 2.55. The van der Waals surface area contributed by atoms with Gasteiger partial charge in [0.15, 0.2) is 0 Å². The quantitative estimate of drug-likeness (QED) is 0.660. The van der Waals surface area contributed by atoms with Crippen molar-refractivity contribution in [3.8, 4) is 0 Å². The van der Waals surface area contributed by atoms with Crippen LogP contribution in [0.1, 0.15) is 26.7 Å². The van der Waals surface area contributed by atoms with Crippen molar-refractivity contribution in [1.82, 2.24) is 4.90 Å². The number of esters is 1. The van der Waals surface area contributed by atoms with E-state index < -0.39 is 5.54 Å². The molecular weight excluding hydrogens is 194 g/mol. The molecule has 0 aliphatic carbocycles. The number of methoxy groups -OCH3 is 2. The lowest BCUT2D eigenvalue weighted by Crippen LogP contribution is -2.54. The SMILES string of the molecule is COC(=O)C(C)(C)N1CCC(OC)CC1. The first-order valence-corrected chi connectivity index (χ1v) is 5.38. The molecule has 0 amide bonds. The molecule has 1 saturated heterocycles. The highest BCUT2D eigenvalue weighted by Gasteiger charge is 2.37. The Bertz CT molecular complexity index is 220. The summed E-state index contributed by atoms with van der Waals surface area (Å²) in [5.74, 6) is -0.168. The van der Waals surface area contributed by atoms with E-state index in [0.717, 1.165) is 25.9 Å². The first kappa shape index (κ1) is 12.5. The summed E-state index contributed by atoms with van der Waals surface area (Å²) in [7, 11) is 3.18. The van der Waals surface area contributed by atoms with E-state index in [0.29, 0.717) is 6.10 Å². The van der Waals surface area contributed by atoms with Crippen LogP contribution in [0.5, 0.6) is 0 Å². The summed E-state index contributed by atoms with van der Waals surface area (Å²) in [6, 6.07) is 0. The largest absolute Gasteiger partial charge is 0.468 e. The van der Waals surface area contributed by atoms with Crippen molar-refractivity contribution in [3.05, 3.63) is 0 Å².